The van der Waals surface area contributed by atoms with Crippen molar-refractivity contribution in [2.45, 2.75) is 38.8 Å². The number of thiophene rings is 1. The molecule has 0 saturated carbocycles. The maximum absolute atomic E-state index is 13.2. The Balaban J connectivity index is 1.73. The number of carbonyl (C=O) groups excluding carboxylic acids is 1. The minimum absolute atomic E-state index is 0.0839. The lowest BCUT2D eigenvalue weighted by Gasteiger charge is -2.37. The van der Waals surface area contributed by atoms with Crippen LogP contribution in [0.4, 0.5) is 0 Å². The monoisotopic (exact) mass is 436 g/mol. The van der Waals surface area contributed by atoms with Gasteiger partial charge >= 0.3 is 0 Å². The smallest absolute Gasteiger partial charge is 0.237 e. The normalized spacial score (nSPS) is 17.3. The summed E-state index contributed by atoms with van der Waals surface area (Å²) in [5.41, 5.74) is 1.18. The largest absolute Gasteiger partial charge is 0.491 e. The minimum atomic E-state index is -0.455. The second-order valence-corrected chi connectivity index (χ2v) is 8.94. The van der Waals surface area contributed by atoms with Crippen LogP contribution in [0.15, 0.2) is 35.7 Å². The molecule has 1 aromatic heterocycles. The van der Waals surface area contributed by atoms with Crippen molar-refractivity contribution in [3.63, 3.8) is 0 Å². The number of nitrogens with zero attached hydrogens (tertiary/aromatic N) is 2. The summed E-state index contributed by atoms with van der Waals surface area (Å²) < 4.78 is 6.02. The molecule has 1 aromatic carbocycles. The van der Waals surface area contributed by atoms with Crippen LogP contribution in [-0.4, -0.2) is 59.7 Å². The van der Waals surface area contributed by atoms with Gasteiger partial charge < -0.3 is 14.7 Å². The lowest BCUT2D eigenvalue weighted by atomic mass is 10.0. The average Bonchev–Trinajstić information content (AvgIpc) is 3.16. The topological polar surface area (TPSA) is 53.0 Å². The summed E-state index contributed by atoms with van der Waals surface area (Å²) in [6, 6.07) is 9.29. The Labute approximate surface area is 181 Å². The fourth-order valence-electron chi connectivity index (χ4n) is 3.79. The molecule has 29 heavy (non-hydrogen) atoms. The second kappa shape index (κ2) is 10.4. The van der Waals surface area contributed by atoms with E-state index in [0.717, 1.165) is 25.1 Å². The van der Waals surface area contributed by atoms with E-state index in [1.54, 1.807) is 30.4 Å². The highest BCUT2D eigenvalue weighted by atomic mass is 35.5. The molecule has 158 valence electrons. The predicted molar refractivity (Wildman–Crippen MR) is 118 cm³/mol. The highest BCUT2D eigenvalue weighted by Gasteiger charge is 2.32. The molecular weight excluding hydrogens is 408 g/mol. The first-order valence-corrected chi connectivity index (χ1v) is 11.4. The van der Waals surface area contributed by atoms with Crippen molar-refractivity contribution in [1.29, 1.82) is 0 Å². The number of rotatable bonds is 9. The molecule has 0 saturated heterocycles. The summed E-state index contributed by atoms with van der Waals surface area (Å²) in [4.78, 5) is 18.5. The molecule has 1 aliphatic heterocycles. The highest BCUT2D eigenvalue weighted by molar-refractivity contribution is 7.10. The summed E-state index contributed by atoms with van der Waals surface area (Å²) in [5.74, 6) is 0.825. The zero-order valence-electron chi connectivity index (χ0n) is 17.0. The van der Waals surface area contributed by atoms with Crippen molar-refractivity contribution in [1.82, 2.24) is 9.80 Å². The van der Waals surface area contributed by atoms with E-state index in [1.165, 1.54) is 10.4 Å². The van der Waals surface area contributed by atoms with E-state index in [2.05, 4.69) is 18.4 Å². The molecule has 0 radical (unpaired) electrons. The minimum Gasteiger partial charge on any atom is -0.491 e. The fourth-order valence-corrected chi connectivity index (χ4v) is 4.84. The maximum Gasteiger partial charge on any atom is 0.237 e. The Kier molecular flexibility index (Phi) is 7.95. The Morgan fingerprint density at radius 1 is 1.38 bits per heavy atom. The number of halogens is 1. The van der Waals surface area contributed by atoms with Gasteiger partial charge in [0.1, 0.15) is 12.4 Å². The van der Waals surface area contributed by atoms with E-state index in [-0.39, 0.29) is 11.9 Å². The number of amides is 1. The summed E-state index contributed by atoms with van der Waals surface area (Å²) in [6.45, 7) is 6.55. The van der Waals surface area contributed by atoms with Crippen molar-refractivity contribution in [2.24, 2.45) is 0 Å². The molecule has 2 heterocycles. The molecule has 3 rings (SSSR count). The zero-order valence-corrected chi connectivity index (χ0v) is 18.6. The number of hydrogen-bond donors (Lipinski definition) is 1. The van der Waals surface area contributed by atoms with Gasteiger partial charge in [-0.1, -0.05) is 18.5 Å². The molecule has 2 atom stereocenters. The maximum atomic E-state index is 13.2. The molecule has 0 spiro atoms. The van der Waals surface area contributed by atoms with Crippen LogP contribution in [0.3, 0.4) is 0 Å². The number of hydrogen-bond acceptors (Lipinski definition) is 5. The predicted octanol–water partition coefficient (Wildman–Crippen LogP) is 4.00. The number of aliphatic hydroxyl groups is 1. The second-order valence-electron chi connectivity index (χ2n) is 7.50. The first-order valence-electron chi connectivity index (χ1n) is 10.1. The first kappa shape index (κ1) is 22.1. The van der Waals surface area contributed by atoms with E-state index in [1.807, 2.05) is 21.9 Å². The molecule has 0 bridgehead atoms. The average molecular weight is 437 g/mol. The molecule has 7 heteroatoms. The van der Waals surface area contributed by atoms with E-state index in [0.29, 0.717) is 31.3 Å². The summed E-state index contributed by atoms with van der Waals surface area (Å²) in [5, 5.41) is 12.5. The summed E-state index contributed by atoms with van der Waals surface area (Å²) >= 11 is 7.70. The van der Waals surface area contributed by atoms with Gasteiger partial charge in [0.25, 0.3) is 0 Å². The van der Waals surface area contributed by atoms with Crippen LogP contribution in [0.25, 0.3) is 0 Å². The van der Waals surface area contributed by atoms with E-state index in [4.69, 9.17) is 16.3 Å². The van der Waals surface area contributed by atoms with Crippen LogP contribution < -0.4 is 4.74 Å². The zero-order chi connectivity index (χ0) is 20.8. The molecule has 0 aliphatic carbocycles. The molecule has 1 amide bonds. The van der Waals surface area contributed by atoms with Gasteiger partial charge in [0.2, 0.25) is 5.91 Å². The van der Waals surface area contributed by atoms with Gasteiger partial charge in [0, 0.05) is 23.0 Å². The van der Waals surface area contributed by atoms with Gasteiger partial charge in [-0.3, -0.25) is 9.69 Å². The number of carbonyl (C=O) groups is 1. The molecule has 1 aliphatic rings. The summed E-state index contributed by atoms with van der Waals surface area (Å²) in [6.07, 6.45) is 1.36. The lowest BCUT2D eigenvalue weighted by Crippen LogP contribution is -2.47. The third-order valence-corrected chi connectivity index (χ3v) is 6.31. The van der Waals surface area contributed by atoms with Gasteiger partial charge in [0.15, 0.2) is 0 Å². The van der Waals surface area contributed by atoms with Crippen LogP contribution >= 0.6 is 22.9 Å². The van der Waals surface area contributed by atoms with Gasteiger partial charge in [-0.25, -0.2) is 0 Å². The standard InChI is InChI=1S/C22H29ClN2O3S/c1-3-10-24(13-16(2)26)14-22(27)25-11-8-21-19(9-12-29-21)20(25)15-28-18-6-4-17(23)5-7-18/h4-7,9,12,16,20,26H,3,8,10-11,13-15H2,1-2H3/t16-,20-/m0/s1. The quantitative estimate of drug-likeness (QED) is 0.645. The molecule has 2 aromatic rings. The van der Waals surface area contributed by atoms with Crippen molar-refractivity contribution in [3.8, 4) is 5.75 Å². The van der Waals surface area contributed by atoms with Gasteiger partial charge in [0.05, 0.1) is 18.7 Å². The Morgan fingerprint density at radius 3 is 2.83 bits per heavy atom. The molecule has 5 nitrogen and oxygen atoms in total. The van der Waals surface area contributed by atoms with Crippen molar-refractivity contribution < 1.29 is 14.6 Å². The third-order valence-electron chi connectivity index (χ3n) is 5.06. The van der Waals surface area contributed by atoms with E-state index < -0.39 is 6.10 Å². The van der Waals surface area contributed by atoms with E-state index >= 15 is 0 Å². The highest BCUT2D eigenvalue weighted by Crippen LogP contribution is 2.34. The van der Waals surface area contributed by atoms with Gasteiger partial charge in [-0.05, 0) is 67.6 Å². The number of ether oxygens (including phenoxy) is 1. The van der Waals surface area contributed by atoms with Gasteiger partial charge in [-0.2, -0.15) is 0 Å². The molecule has 0 fully saturated rings. The van der Waals surface area contributed by atoms with Crippen LogP contribution in [-0.2, 0) is 11.2 Å². The van der Waals surface area contributed by atoms with Crippen LogP contribution in [0.2, 0.25) is 5.02 Å². The van der Waals surface area contributed by atoms with Crippen molar-refractivity contribution in [2.75, 3.05) is 32.8 Å². The van der Waals surface area contributed by atoms with Crippen molar-refractivity contribution in [3.05, 3.63) is 51.2 Å². The number of benzene rings is 1. The Bertz CT molecular complexity index is 794. The van der Waals surface area contributed by atoms with Crippen LogP contribution in [0, 0.1) is 0 Å². The number of aliphatic hydroxyl groups excluding tert-OH is 1. The summed E-state index contributed by atoms with van der Waals surface area (Å²) in [7, 11) is 0. The fraction of sp³-hybridized carbons (Fsp3) is 0.500. The van der Waals surface area contributed by atoms with Crippen LogP contribution in [0.5, 0.6) is 5.75 Å². The van der Waals surface area contributed by atoms with Gasteiger partial charge in [-0.15, -0.1) is 11.3 Å². The number of fused-ring (bicyclic) bond motifs is 1. The van der Waals surface area contributed by atoms with Crippen molar-refractivity contribution >= 4 is 28.8 Å². The lowest BCUT2D eigenvalue weighted by molar-refractivity contribution is -0.136. The van der Waals surface area contributed by atoms with Crippen LogP contribution in [0.1, 0.15) is 36.8 Å². The van der Waals surface area contributed by atoms with E-state index in [9.17, 15) is 9.90 Å². The Hall–Kier alpha value is -1.60. The molecular formula is C22H29ClN2O3S. The first-order chi connectivity index (χ1) is 14.0. The SMILES string of the molecule is CCCN(CC(=O)N1CCc2sccc2[C@@H]1COc1ccc(Cl)cc1)C[C@H](C)O. The molecule has 1 N–H and O–H groups in total. The Morgan fingerprint density at radius 2 is 2.14 bits per heavy atom. The molecule has 0 unspecified atom stereocenters. The third kappa shape index (κ3) is 5.95.